The monoisotopic (exact) mass is 202 g/mol. The van der Waals surface area contributed by atoms with Crippen molar-refractivity contribution < 1.29 is 9.90 Å². The Morgan fingerprint density at radius 3 is 2.80 bits per heavy atom. The first-order valence-electron chi connectivity index (χ1n) is 4.48. The number of aryl methyl sites for hydroxylation is 1. The van der Waals surface area contributed by atoms with E-state index in [1.165, 1.54) is 6.07 Å². The van der Waals surface area contributed by atoms with E-state index < -0.39 is 5.97 Å². The van der Waals surface area contributed by atoms with Crippen LogP contribution in [0.5, 0.6) is 0 Å². The van der Waals surface area contributed by atoms with Crippen molar-refractivity contribution in [2.75, 3.05) is 5.73 Å². The quantitative estimate of drug-likeness (QED) is 0.739. The third-order valence-electron chi connectivity index (χ3n) is 2.28. The first-order chi connectivity index (χ1) is 7.08. The Balaban J connectivity index is 2.76. The van der Waals surface area contributed by atoms with E-state index >= 15 is 0 Å². The van der Waals surface area contributed by atoms with Gasteiger partial charge in [-0.1, -0.05) is 6.07 Å². The molecule has 0 saturated carbocycles. The van der Waals surface area contributed by atoms with Crippen LogP contribution in [0.2, 0.25) is 0 Å². The van der Waals surface area contributed by atoms with Gasteiger partial charge in [0.05, 0.1) is 11.1 Å². The van der Waals surface area contributed by atoms with Crippen molar-refractivity contribution in [3.63, 3.8) is 0 Å². The van der Waals surface area contributed by atoms with E-state index in [4.69, 9.17) is 10.8 Å². The van der Waals surface area contributed by atoms with Gasteiger partial charge in [0.25, 0.3) is 0 Å². The zero-order chi connectivity index (χ0) is 11.0. The number of benzene rings is 1. The van der Waals surface area contributed by atoms with Gasteiger partial charge in [-0.05, 0) is 30.7 Å². The van der Waals surface area contributed by atoms with Crippen molar-refractivity contribution in [1.82, 2.24) is 4.98 Å². The minimum atomic E-state index is -0.959. The molecule has 76 valence electrons. The van der Waals surface area contributed by atoms with Crippen molar-refractivity contribution in [3.8, 4) is 0 Å². The van der Waals surface area contributed by atoms with Gasteiger partial charge in [-0.25, -0.2) is 9.78 Å². The van der Waals surface area contributed by atoms with Gasteiger partial charge in [0, 0.05) is 5.39 Å². The molecule has 1 heterocycles. The molecule has 0 bridgehead atoms. The SMILES string of the molecule is Cc1cc(N)nc2cc(C(=O)O)ccc12. The predicted octanol–water partition coefficient (Wildman–Crippen LogP) is 1.82. The van der Waals surface area contributed by atoms with Crippen LogP contribution < -0.4 is 5.73 Å². The lowest BCUT2D eigenvalue weighted by Gasteiger charge is -2.03. The van der Waals surface area contributed by atoms with E-state index in [2.05, 4.69) is 4.98 Å². The number of pyridine rings is 1. The second kappa shape index (κ2) is 3.24. The Morgan fingerprint density at radius 1 is 1.40 bits per heavy atom. The summed E-state index contributed by atoms with van der Waals surface area (Å²) >= 11 is 0. The minimum absolute atomic E-state index is 0.222. The van der Waals surface area contributed by atoms with Crippen LogP contribution in [0.3, 0.4) is 0 Å². The number of carboxylic acids is 1. The maximum Gasteiger partial charge on any atom is 0.335 e. The number of fused-ring (bicyclic) bond motifs is 1. The van der Waals surface area contributed by atoms with Crippen LogP contribution >= 0.6 is 0 Å². The molecule has 3 N–H and O–H groups in total. The molecule has 0 atom stereocenters. The van der Waals surface area contributed by atoms with Crippen LogP contribution in [0.15, 0.2) is 24.3 Å². The first kappa shape index (κ1) is 9.45. The highest BCUT2D eigenvalue weighted by Gasteiger charge is 2.06. The summed E-state index contributed by atoms with van der Waals surface area (Å²) < 4.78 is 0. The fourth-order valence-corrected chi connectivity index (χ4v) is 1.56. The van der Waals surface area contributed by atoms with Gasteiger partial charge >= 0.3 is 5.97 Å². The number of aromatic carboxylic acids is 1. The third kappa shape index (κ3) is 1.61. The number of nitrogens with two attached hydrogens (primary N) is 1. The molecular weight excluding hydrogens is 192 g/mol. The lowest BCUT2D eigenvalue weighted by molar-refractivity contribution is 0.0697. The highest BCUT2D eigenvalue weighted by atomic mass is 16.4. The maximum absolute atomic E-state index is 10.8. The molecule has 2 aromatic rings. The van der Waals surface area contributed by atoms with Crippen LogP contribution in [0.4, 0.5) is 5.82 Å². The van der Waals surface area contributed by atoms with Crippen molar-refractivity contribution in [1.29, 1.82) is 0 Å². The summed E-state index contributed by atoms with van der Waals surface area (Å²) in [5.74, 6) is -0.554. The van der Waals surface area contributed by atoms with Gasteiger partial charge in [0.15, 0.2) is 0 Å². The molecule has 15 heavy (non-hydrogen) atoms. The predicted molar refractivity (Wildman–Crippen MR) is 57.9 cm³/mol. The summed E-state index contributed by atoms with van der Waals surface area (Å²) in [4.78, 5) is 14.8. The Hall–Kier alpha value is -2.10. The highest BCUT2D eigenvalue weighted by molar-refractivity contribution is 5.94. The number of nitrogen functional groups attached to an aromatic ring is 1. The van der Waals surface area contributed by atoms with Crippen molar-refractivity contribution in [3.05, 3.63) is 35.4 Å². The molecule has 0 aliphatic carbocycles. The van der Waals surface area contributed by atoms with Gasteiger partial charge in [-0.2, -0.15) is 0 Å². The smallest absolute Gasteiger partial charge is 0.335 e. The third-order valence-corrected chi connectivity index (χ3v) is 2.28. The topological polar surface area (TPSA) is 76.2 Å². The van der Waals surface area contributed by atoms with Crippen LogP contribution in [-0.4, -0.2) is 16.1 Å². The lowest BCUT2D eigenvalue weighted by atomic mass is 10.1. The molecule has 0 radical (unpaired) electrons. The molecule has 1 aromatic heterocycles. The molecule has 0 fully saturated rings. The number of nitrogens with zero attached hydrogens (tertiary/aromatic N) is 1. The number of hydrogen-bond acceptors (Lipinski definition) is 3. The Labute approximate surface area is 86.4 Å². The Kier molecular flexibility index (Phi) is 2.04. The van der Waals surface area contributed by atoms with Gasteiger partial charge in [-0.3, -0.25) is 0 Å². The number of rotatable bonds is 1. The molecular formula is C11H10N2O2. The van der Waals surface area contributed by atoms with Crippen molar-refractivity contribution >= 4 is 22.7 Å². The molecule has 0 aliphatic rings. The molecule has 2 rings (SSSR count). The molecule has 0 spiro atoms. The fraction of sp³-hybridized carbons (Fsp3) is 0.0909. The molecule has 0 saturated heterocycles. The molecule has 0 unspecified atom stereocenters. The van der Waals surface area contributed by atoms with Crippen LogP contribution in [0.1, 0.15) is 15.9 Å². The van der Waals surface area contributed by atoms with Crippen LogP contribution in [0, 0.1) is 6.92 Å². The summed E-state index contributed by atoms with van der Waals surface area (Å²) in [6.07, 6.45) is 0. The zero-order valence-electron chi connectivity index (χ0n) is 8.19. The van der Waals surface area contributed by atoms with Gasteiger partial charge in [-0.15, -0.1) is 0 Å². The van der Waals surface area contributed by atoms with Gasteiger partial charge < -0.3 is 10.8 Å². The number of anilines is 1. The van der Waals surface area contributed by atoms with Crippen molar-refractivity contribution in [2.45, 2.75) is 6.92 Å². The molecule has 1 aromatic carbocycles. The van der Waals surface area contributed by atoms with Crippen molar-refractivity contribution in [2.24, 2.45) is 0 Å². The summed E-state index contributed by atoms with van der Waals surface area (Å²) in [7, 11) is 0. The number of carbonyl (C=O) groups is 1. The molecule has 0 aliphatic heterocycles. The number of aromatic nitrogens is 1. The Bertz CT molecular complexity index is 550. The van der Waals surface area contributed by atoms with E-state index in [1.54, 1.807) is 18.2 Å². The second-order valence-electron chi connectivity index (χ2n) is 3.40. The number of carboxylic acid groups (broad SMARTS) is 1. The lowest BCUT2D eigenvalue weighted by Crippen LogP contribution is -1.98. The standard InChI is InChI=1S/C11H10N2O2/c1-6-4-10(12)13-9-5-7(11(14)15)2-3-8(6)9/h2-5H,1H3,(H2,12,13)(H,14,15). The minimum Gasteiger partial charge on any atom is -0.478 e. The van der Waals surface area contributed by atoms with E-state index in [0.29, 0.717) is 11.3 Å². The van der Waals surface area contributed by atoms with Gasteiger partial charge in [0.2, 0.25) is 0 Å². The van der Waals surface area contributed by atoms with E-state index in [0.717, 1.165) is 10.9 Å². The van der Waals surface area contributed by atoms with Crippen LogP contribution in [0.25, 0.3) is 10.9 Å². The average Bonchev–Trinajstić information content (AvgIpc) is 2.16. The van der Waals surface area contributed by atoms with Crippen LogP contribution in [-0.2, 0) is 0 Å². The fourth-order valence-electron chi connectivity index (χ4n) is 1.56. The number of hydrogen-bond donors (Lipinski definition) is 2. The second-order valence-corrected chi connectivity index (χ2v) is 3.40. The summed E-state index contributed by atoms with van der Waals surface area (Å²) in [6.45, 7) is 1.92. The zero-order valence-corrected chi connectivity index (χ0v) is 8.19. The largest absolute Gasteiger partial charge is 0.478 e. The average molecular weight is 202 g/mol. The van der Waals surface area contributed by atoms with Gasteiger partial charge in [0.1, 0.15) is 5.82 Å². The first-order valence-corrected chi connectivity index (χ1v) is 4.48. The maximum atomic E-state index is 10.8. The normalized spacial score (nSPS) is 10.5. The summed E-state index contributed by atoms with van der Waals surface area (Å²) in [5.41, 5.74) is 7.43. The molecule has 4 nitrogen and oxygen atoms in total. The Morgan fingerprint density at radius 2 is 2.13 bits per heavy atom. The van der Waals surface area contributed by atoms with E-state index in [9.17, 15) is 4.79 Å². The van der Waals surface area contributed by atoms with E-state index in [-0.39, 0.29) is 5.56 Å². The highest BCUT2D eigenvalue weighted by Crippen LogP contribution is 2.20. The molecule has 0 amide bonds. The summed E-state index contributed by atoms with van der Waals surface area (Å²) in [5, 5.41) is 9.75. The summed E-state index contributed by atoms with van der Waals surface area (Å²) in [6, 6.07) is 6.61. The van der Waals surface area contributed by atoms with E-state index in [1.807, 2.05) is 6.92 Å². The molecule has 4 heteroatoms.